The highest BCUT2D eigenvalue weighted by atomic mass is 16.5. The number of carbonyl (C=O) groups excluding carboxylic acids is 1. The smallest absolute Gasteiger partial charge is 0.234 e. The summed E-state index contributed by atoms with van der Waals surface area (Å²) in [5.74, 6) is 1.51. The minimum atomic E-state index is 0.100. The van der Waals surface area contributed by atoms with Gasteiger partial charge in [-0.25, -0.2) is 0 Å². The van der Waals surface area contributed by atoms with Crippen LogP contribution in [0, 0.1) is 6.92 Å². The number of aromatic nitrogens is 1. The molecule has 0 spiro atoms. The summed E-state index contributed by atoms with van der Waals surface area (Å²) in [6.07, 6.45) is 4.27. The standard InChI is InChI=1S/C24H29N3O2/c1-17-5-3-4-6-19(17)14-26-24(28)16-27-11-9-18(10-12-27)22-15-25-23-8-7-20(29-2)13-21(22)23/h3-8,13,15,18,25H,9-12,14,16H2,1-2H3,(H,26,28). The van der Waals surface area contributed by atoms with Crippen molar-refractivity contribution in [2.75, 3.05) is 26.7 Å². The number of hydrogen-bond acceptors (Lipinski definition) is 3. The van der Waals surface area contributed by atoms with E-state index in [9.17, 15) is 4.79 Å². The third kappa shape index (κ3) is 4.46. The number of hydrogen-bond donors (Lipinski definition) is 2. The molecule has 29 heavy (non-hydrogen) atoms. The Morgan fingerprint density at radius 1 is 1.21 bits per heavy atom. The molecule has 1 fully saturated rings. The lowest BCUT2D eigenvalue weighted by Gasteiger charge is -2.31. The Morgan fingerprint density at radius 3 is 2.76 bits per heavy atom. The number of methoxy groups -OCH3 is 1. The first-order valence-electron chi connectivity index (χ1n) is 10.3. The van der Waals surface area contributed by atoms with E-state index in [-0.39, 0.29) is 5.91 Å². The molecule has 5 heteroatoms. The van der Waals surface area contributed by atoms with Gasteiger partial charge in [0.05, 0.1) is 13.7 Å². The first-order valence-corrected chi connectivity index (χ1v) is 10.3. The lowest BCUT2D eigenvalue weighted by atomic mass is 9.89. The Morgan fingerprint density at radius 2 is 2.00 bits per heavy atom. The number of nitrogens with one attached hydrogen (secondary N) is 2. The van der Waals surface area contributed by atoms with Crippen LogP contribution in [0.4, 0.5) is 0 Å². The fourth-order valence-electron chi connectivity index (χ4n) is 4.25. The van der Waals surface area contributed by atoms with E-state index in [0.29, 0.717) is 19.0 Å². The SMILES string of the molecule is COc1ccc2[nH]cc(C3CCN(CC(=O)NCc4ccccc4C)CC3)c2c1. The van der Waals surface area contributed by atoms with Gasteiger partial charge in [0, 0.05) is 23.6 Å². The number of amides is 1. The molecule has 1 aliphatic rings. The van der Waals surface area contributed by atoms with Crippen LogP contribution in [0.2, 0.25) is 0 Å². The van der Waals surface area contributed by atoms with Crippen molar-refractivity contribution in [1.82, 2.24) is 15.2 Å². The first-order chi connectivity index (χ1) is 14.1. The van der Waals surface area contributed by atoms with Crippen LogP contribution in [0.5, 0.6) is 5.75 Å². The molecule has 5 nitrogen and oxygen atoms in total. The molecule has 2 heterocycles. The number of likely N-dealkylation sites (tertiary alicyclic amines) is 1. The first kappa shape index (κ1) is 19.5. The van der Waals surface area contributed by atoms with E-state index in [4.69, 9.17) is 4.74 Å². The molecule has 1 saturated heterocycles. The lowest BCUT2D eigenvalue weighted by molar-refractivity contribution is -0.122. The summed E-state index contributed by atoms with van der Waals surface area (Å²) in [5, 5.41) is 4.31. The van der Waals surface area contributed by atoms with E-state index in [2.05, 4.69) is 52.6 Å². The summed E-state index contributed by atoms with van der Waals surface area (Å²) in [7, 11) is 1.70. The van der Waals surface area contributed by atoms with Crippen LogP contribution in [-0.2, 0) is 11.3 Å². The zero-order chi connectivity index (χ0) is 20.2. The summed E-state index contributed by atoms with van der Waals surface area (Å²) < 4.78 is 5.39. The van der Waals surface area contributed by atoms with Crippen LogP contribution in [-0.4, -0.2) is 42.5 Å². The molecule has 4 rings (SSSR count). The largest absolute Gasteiger partial charge is 0.497 e. The molecule has 1 aliphatic heterocycles. The van der Waals surface area contributed by atoms with E-state index in [0.717, 1.165) is 37.2 Å². The van der Waals surface area contributed by atoms with Crippen molar-refractivity contribution >= 4 is 16.8 Å². The quantitative estimate of drug-likeness (QED) is 0.668. The Bertz CT molecular complexity index is 987. The number of benzene rings is 2. The van der Waals surface area contributed by atoms with Crippen molar-refractivity contribution in [3.8, 4) is 5.75 Å². The number of H-pyrrole nitrogens is 1. The maximum absolute atomic E-state index is 12.4. The lowest BCUT2D eigenvalue weighted by Crippen LogP contribution is -2.41. The molecule has 0 bridgehead atoms. The van der Waals surface area contributed by atoms with Crippen LogP contribution in [0.25, 0.3) is 10.9 Å². The Kier molecular flexibility index (Phi) is 5.86. The molecule has 0 radical (unpaired) electrons. The molecule has 1 aromatic heterocycles. The van der Waals surface area contributed by atoms with Gasteiger partial charge >= 0.3 is 0 Å². The molecule has 2 aromatic carbocycles. The number of fused-ring (bicyclic) bond motifs is 1. The third-order valence-corrected chi connectivity index (χ3v) is 6.05. The van der Waals surface area contributed by atoms with Crippen molar-refractivity contribution in [3.63, 3.8) is 0 Å². The summed E-state index contributed by atoms with van der Waals surface area (Å²) in [6, 6.07) is 14.4. The van der Waals surface area contributed by atoms with Crippen LogP contribution in [0.15, 0.2) is 48.7 Å². The van der Waals surface area contributed by atoms with Gasteiger partial charge in [0.2, 0.25) is 5.91 Å². The average molecular weight is 392 g/mol. The zero-order valence-corrected chi connectivity index (χ0v) is 17.2. The monoisotopic (exact) mass is 391 g/mol. The Labute approximate surface area is 172 Å². The predicted octanol–water partition coefficient (Wildman–Crippen LogP) is 3.98. The van der Waals surface area contributed by atoms with Gasteiger partial charge in [-0.2, -0.15) is 0 Å². The van der Waals surface area contributed by atoms with Gasteiger partial charge < -0.3 is 15.0 Å². The second-order valence-corrected chi connectivity index (χ2v) is 7.91. The van der Waals surface area contributed by atoms with Crippen LogP contribution < -0.4 is 10.1 Å². The molecule has 2 N–H and O–H groups in total. The minimum Gasteiger partial charge on any atom is -0.497 e. The summed E-state index contributed by atoms with van der Waals surface area (Å²) >= 11 is 0. The van der Waals surface area contributed by atoms with Gasteiger partial charge in [-0.15, -0.1) is 0 Å². The molecule has 3 aromatic rings. The topological polar surface area (TPSA) is 57.4 Å². The highest BCUT2D eigenvalue weighted by Gasteiger charge is 2.24. The number of aromatic amines is 1. The third-order valence-electron chi connectivity index (χ3n) is 6.05. The normalized spacial score (nSPS) is 15.5. The highest BCUT2D eigenvalue weighted by Crippen LogP contribution is 2.34. The molecule has 152 valence electrons. The molecule has 0 atom stereocenters. The number of nitrogens with zero attached hydrogens (tertiary/aromatic N) is 1. The zero-order valence-electron chi connectivity index (χ0n) is 17.2. The Balaban J connectivity index is 1.30. The number of piperidine rings is 1. The number of carbonyl (C=O) groups is 1. The number of rotatable bonds is 6. The summed E-state index contributed by atoms with van der Waals surface area (Å²) in [5.41, 5.74) is 4.90. The minimum absolute atomic E-state index is 0.100. The van der Waals surface area contributed by atoms with E-state index >= 15 is 0 Å². The fourth-order valence-corrected chi connectivity index (χ4v) is 4.25. The van der Waals surface area contributed by atoms with Gasteiger partial charge in [0.25, 0.3) is 0 Å². The molecule has 0 aliphatic carbocycles. The van der Waals surface area contributed by atoms with E-state index in [1.807, 2.05) is 18.2 Å². The van der Waals surface area contributed by atoms with E-state index in [1.165, 1.54) is 22.1 Å². The average Bonchev–Trinajstić information content (AvgIpc) is 3.17. The second-order valence-electron chi connectivity index (χ2n) is 7.91. The molecule has 1 amide bonds. The van der Waals surface area contributed by atoms with Crippen molar-refractivity contribution in [3.05, 3.63) is 65.4 Å². The highest BCUT2D eigenvalue weighted by molar-refractivity contribution is 5.85. The van der Waals surface area contributed by atoms with Crippen molar-refractivity contribution in [2.24, 2.45) is 0 Å². The van der Waals surface area contributed by atoms with Gasteiger partial charge in [-0.05, 0) is 73.7 Å². The van der Waals surface area contributed by atoms with Crippen LogP contribution >= 0.6 is 0 Å². The van der Waals surface area contributed by atoms with Gasteiger partial charge in [-0.3, -0.25) is 9.69 Å². The van der Waals surface area contributed by atoms with Gasteiger partial charge in [-0.1, -0.05) is 24.3 Å². The van der Waals surface area contributed by atoms with Crippen molar-refractivity contribution < 1.29 is 9.53 Å². The summed E-state index contributed by atoms with van der Waals surface area (Å²) in [4.78, 5) is 18.0. The van der Waals surface area contributed by atoms with E-state index in [1.54, 1.807) is 7.11 Å². The summed E-state index contributed by atoms with van der Waals surface area (Å²) in [6.45, 7) is 5.03. The molecular formula is C24H29N3O2. The van der Waals surface area contributed by atoms with Gasteiger partial charge in [0.15, 0.2) is 0 Å². The predicted molar refractivity (Wildman–Crippen MR) is 116 cm³/mol. The van der Waals surface area contributed by atoms with Crippen molar-refractivity contribution in [1.29, 1.82) is 0 Å². The van der Waals surface area contributed by atoms with Gasteiger partial charge in [0.1, 0.15) is 5.75 Å². The second kappa shape index (κ2) is 8.70. The fraction of sp³-hybridized carbons (Fsp3) is 0.375. The molecular weight excluding hydrogens is 362 g/mol. The van der Waals surface area contributed by atoms with Crippen LogP contribution in [0.1, 0.15) is 35.4 Å². The maximum Gasteiger partial charge on any atom is 0.234 e. The Hall–Kier alpha value is -2.79. The number of ether oxygens (including phenoxy) is 1. The molecule has 0 unspecified atom stereocenters. The van der Waals surface area contributed by atoms with Crippen LogP contribution in [0.3, 0.4) is 0 Å². The molecule has 0 saturated carbocycles. The van der Waals surface area contributed by atoms with Crippen molar-refractivity contribution in [2.45, 2.75) is 32.2 Å². The van der Waals surface area contributed by atoms with E-state index < -0.39 is 0 Å². The number of aryl methyl sites for hydroxylation is 1. The maximum atomic E-state index is 12.4.